The molecule has 0 spiro atoms. The Labute approximate surface area is 162 Å². The highest BCUT2D eigenvalue weighted by Gasteiger charge is 2.51. The first-order chi connectivity index (χ1) is 13.5. The van der Waals surface area contributed by atoms with E-state index < -0.39 is 52.7 Å². The molecule has 1 saturated heterocycles. The van der Waals surface area contributed by atoms with Crippen LogP contribution in [0.5, 0.6) is 5.75 Å². The Morgan fingerprint density at radius 2 is 1.86 bits per heavy atom. The van der Waals surface area contributed by atoms with E-state index in [9.17, 15) is 28.2 Å². The fourth-order valence-corrected chi connectivity index (χ4v) is 3.38. The van der Waals surface area contributed by atoms with E-state index >= 15 is 0 Å². The SMILES string of the molecule is Cc1cc(=O)oc2cc(O[C@@H]3O[C@H](C(=O)O)[C@H](O)[C@@H](O)[C@@H]3OS(=O)(=O)O)ccc12. The van der Waals surface area contributed by atoms with E-state index in [1.165, 1.54) is 24.3 Å². The summed E-state index contributed by atoms with van der Waals surface area (Å²) in [6.07, 6.45) is -10.0. The maximum atomic E-state index is 11.5. The zero-order valence-corrected chi connectivity index (χ0v) is 15.5. The van der Waals surface area contributed by atoms with Gasteiger partial charge in [-0.05, 0) is 24.6 Å². The Hall–Kier alpha value is -2.55. The number of hydrogen-bond donors (Lipinski definition) is 4. The maximum absolute atomic E-state index is 11.5. The van der Waals surface area contributed by atoms with Crippen LogP contribution in [0.4, 0.5) is 0 Å². The summed E-state index contributed by atoms with van der Waals surface area (Å²) in [5.41, 5.74) is 0.109. The second-order valence-electron chi connectivity index (χ2n) is 6.26. The average Bonchev–Trinajstić information content (AvgIpc) is 2.59. The smallest absolute Gasteiger partial charge is 0.397 e. The number of carbonyl (C=O) groups is 1. The third-order valence-electron chi connectivity index (χ3n) is 4.20. The van der Waals surface area contributed by atoms with Gasteiger partial charge in [0.15, 0.2) is 12.2 Å². The van der Waals surface area contributed by atoms with Crippen LogP contribution in [0.2, 0.25) is 0 Å². The molecule has 158 valence electrons. The van der Waals surface area contributed by atoms with Gasteiger partial charge in [0.1, 0.15) is 23.5 Å². The van der Waals surface area contributed by atoms with Crippen LogP contribution in [0.1, 0.15) is 5.56 Å². The van der Waals surface area contributed by atoms with E-state index in [1.807, 2.05) is 0 Å². The molecule has 0 radical (unpaired) electrons. The van der Waals surface area contributed by atoms with Crippen LogP contribution < -0.4 is 10.4 Å². The molecule has 1 aliphatic rings. The zero-order chi connectivity index (χ0) is 21.5. The van der Waals surface area contributed by atoms with Crippen molar-refractivity contribution >= 4 is 27.3 Å². The lowest BCUT2D eigenvalue weighted by atomic mass is 9.99. The molecule has 5 atom stereocenters. The molecule has 0 amide bonds. The van der Waals surface area contributed by atoms with Crippen molar-refractivity contribution in [2.75, 3.05) is 0 Å². The molecule has 1 aliphatic heterocycles. The normalized spacial score (nSPS) is 27.7. The first-order valence-corrected chi connectivity index (χ1v) is 9.44. The number of rotatable bonds is 5. The van der Waals surface area contributed by atoms with Gasteiger partial charge in [0.25, 0.3) is 0 Å². The Morgan fingerprint density at radius 3 is 2.48 bits per heavy atom. The molecule has 4 N–H and O–H groups in total. The Kier molecular flexibility index (Phi) is 5.62. The Morgan fingerprint density at radius 1 is 1.17 bits per heavy atom. The van der Waals surface area contributed by atoms with E-state index in [-0.39, 0.29) is 11.3 Å². The predicted octanol–water partition coefficient (Wildman–Crippen LogP) is -0.800. The fraction of sp³-hybridized carbons (Fsp3) is 0.375. The summed E-state index contributed by atoms with van der Waals surface area (Å²) >= 11 is 0. The summed E-state index contributed by atoms with van der Waals surface area (Å²) in [6, 6.07) is 5.43. The van der Waals surface area contributed by atoms with Crippen molar-refractivity contribution in [3.05, 3.63) is 40.2 Å². The number of benzene rings is 1. The van der Waals surface area contributed by atoms with Crippen molar-refractivity contribution in [1.82, 2.24) is 0 Å². The van der Waals surface area contributed by atoms with Crippen LogP contribution in [0.3, 0.4) is 0 Å². The lowest BCUT2D eigenvalue weighted by molar-refractivity contribution is -0.265. The number of fused-ring (bicyclic) bond motifs is 1. The minimum atomic E-state index is -5.13. The van der Waals surface area contributed by atoms with E-state index in [0.717, 1.165) is 0 Å². The molecule has 0 bridgehead atoms. The van der Waals surface area contributed by atoms with Gasteiger partial charge in [0.05, 0.1) is 0 Å². The van der Waals surface area contributed by atoms with Gasteiger partial charge in [0, 0.05) is 17.5 Å². The minimum absolute atomic E-state index is 0.0621. The summed E-state index contributed by atoms with van der Waals surface area (Å²) in [7, 11) is -5.13. The van der Waals surface area contributed by atoms with Gasteiger partial charge >= 0.3 is 22.0 Å². The summed E-state index contributed by atoms with van der Waals surface area (Å²) in [6.45, 7) is 1.68. The van der Waals surface area contributed by atoms with E-state index in [4.69, 9.17) is 23.6 Å². The molecule has 0 aliphatic carbocycles. The van der Waals surface area contributed by atoms with Gasteiger partial charge in [-0.25, -0.2) is 13.8 Å². The van der Waals surface area contributed by atoms with Crippen LogP contribution in [0, 0.1) is 6.92 Å². The summed E-state index contributed by atoms with van der Waals surface area (Å²) in [5, 5.41) is 29.6. The number of aliphatic hydroxyl groups is 2. The highest BCUT2D eigenvalue weighted by molar-refractivity contribution is 7.80. The van der Waals surface area contributed by atoms with Crippen molar-refractivity contribution in [3.8, 4) is 5.75 Å². The second-order valence-corrected chi connectivity index (χ2v) is 7.31. The molecule has 2 aromatic rings. The maximum Gasteiger partial charge on any atom is 0.397 e. The molecule has 0 saturated carbocycles. The number of aliphatic hydroxyl groups excluding tert-OH is 2. The largest absolute Gasteiger partial charge is 0.479 e. The molecular formula is C16H16O12S. The van der Waals surface area contributed by atoms with Crippen molar-refractivity contribution in [1.29, 1.82) is 0 Å². The monoisotopic (exact) mass is 432 g/mol. The van der Waals surface area contributed by atoms with Crippen LogP contribution in [0.25, 0.3) is 11.0 Å². The number of aryl methyl sites for hydroxylation is 1. The van der Waals surface area contributed by atoms with Crippen LogP contribution in [-0.2, 0) is 24.1 Å². The number of carboxylic acid groups (broad SMARTS) is 1. The lowest BCUT2D eigenvalue weighted by Gasteiger charge is -2.39. The van der Waals surface area contributed by atoms with Gasteiger partial charge in [-0.1, -0.05) is 0 Å². The van der Waals surface area contributed by atoms with Gasteiger partial charge in [-0.3, -0.25) is 4.55 Å². The zero-order valence-electron chi connectivity index (χ0n) is 14.7. The molecular weight excluding hydrogens is 416 g/mol. The third-order valence-corrected chi connectivity index (χ3v) is 4.66. The van der Waals surface area contributed by atoms with Gasteiger partial charge in [-0.15, -0.1) is 0 Å². The molecule has 29 heavy (non-hydrogen) atoms. The highest BCUT2D eigenvalue weighted by atomic mass is 32.3. The number of carboxylic acids is 1. The molecule has 1 aromatic heterocycles. The summed E-state index contributed by atoms with van der Waals surface area (Å²) in [5.74, 6) is -1.72. The van der Waals surface area contributed by atoms with Gasteiger partial charge < -0.3 is 29.2 Å². The molecule has 2 heterocycles. The van der Waals surface area contributed by atoms with Crippen molar-refractivity contribution in [2.24, 2.45) is 0 Å². The summed E-state index contributed by atoms with van der Waals surface area (Å²) < 4.78 is 50.8. The van der Waals surface area contributed by atoms with Crippen LogP contribution >= 0.6 is 0 Å². The van der Waals surface area contributed by atoms with Crippen LogP contribution in [0.15, 0.2) is 33.5 Å². The predicted molar refractivity (Wildman–Crippen MR) is 92.6 cm³/mol. The second kappa shape index (κ2) is 7.70. The molecule has 13 heteroatoms. The van der Waals surface area contributed by atoms with Crippen molar-refractivity contribution in [3.63, 3.8) is 0 Å². The fourth-order valence-electron chi connectivity index (χ4n) is 2.89. The Bertz CT molecular complexity index is 1090. The molecule has 3 rings (SSSR count). The first-order valence-electron chi connectivity index (χ1n) is 8.07. The minimum Gasteiger partial charge on any atom is -0.479 e. The van der Waals surface area contributed by atoms with Crippen molar-refractivity contribution in [2.45, 2.75) is 37.6 Å². The Balaban J connectivity index is 1.97. The van der Waals surface area contributed by atoms with Crippen molar-refractivity contribution < 1.29 is 51.2 Å². The molecule has 12 nitrogen and oxygen atoms in total. The number of aliphatic carboxylic acids is 1. The lowest BCUT2D eigenvalue weighted by Crippen LogP contribution is -2.62. The molecule has 0 unspecified atom stereocenters. The van der Waals surface area contributed by atoms with Gasteiger partial charge in [0.2, 0.25) is 6.29 Å². The number of hydrogen-bond acceptors (Lipinski definition) is 10. The molecule has 1 aromatic carbocycles. The highest BCUT2D eigenvalue weighted by Crippen LogP contribution is 2.29. The van der Waals surface area contributed by atoms with E-state index in [0.29, 0.717) is 10.9 Å². The van der Waals surface area contributed by atoms with E-state index in [1.54, 1.807) is 6.92 Å². The molecule has 1 fully saturated rings. The third kappa shape index (κ3) is 4.55. The average molecular weight is 432 g/mol. The number of ether oxygens (including phenoxy) is 2. The van der Waals surface area contributed by atoms with Gasteiger partial charge in [-0.2, -0.15) is 8.42 Å². The standard InChI is InChI=1S/C16H16O12S/c1-6-4-10(17)26-9-5-7(2-3-8(6)9)25-16-14(28-29(22,23)24)12(19)11(18)13(27-16)15(20)21/h2-5,11-14,16,18-19H,1H3,(H,20,21)(H,22,23,24)/t11-,12-,13+,14+,16-/m1/s1. The summed E-state index contributed by atoms with van der Waals surface area (Å²) in [4.78, 5) is 22.8. The first kappa shape index (κ1) is 21.2. The van der Waals surface area contributed by atoms with Crippen LogP contribution in [-0.4, -0.2) is 65.0 Å². The van der Waals surface area contributed by atoms with E-state index in [2.05, 4.69) is 4.18 Å². The topological polar surface area (TPSA) is 190 Å². The quantitative estimate of drug-likeness (QED) is 0.340.